The molecule has 0 aromatic heterocycles. The Labute approximate surface area is 238 Å². The molecule has 0 aliphatic rings. The second-order valence-electron chi connectivity index (χ2n) is 7.11. The van der Waals surface area contributed by atoms with Gasteiger partial charge in [-0.3, -0.25) is 4.79 Å². The molecule has 7 heteroatoms. The molecule has 0 saturated heterocycles. The van der Waals surface area contributed by atoms with Crippen LogP contribution >= 0.6 is 0 Å². The molecule has 0 aromatic carbocycles. The number of unbranched alkanes of at least 4 members (excludes halogenated alkanes) is 14. The van der Waals surface area contributed by atoms with E-state index in [2.05, 4.69) is 6.92 Å². The molecule has 1 unspecified atom stereocenters. The van der Waals surface area contributed by atoms with E-state index in [1.165, 1.54) is 90.4 Å². The maximum atomic E-state index is 10.3. The van der Waals surface area contributed by atoms with Crippen LogP contribution < -0.4 is 0 Å². The average Bonchev–Trinajstić information content (AvgIpc) is 2.58. The van der Waals surface area contributed by atoms with E-state index in [0.717, 1.165) is 12.8 Å². The van der Waals surface area contributed by atoms with Gasteiger partial charge in [0.25, 0.3) is 0 Å². The van der Waals surface area contributed by atoms with Crippen LogP contribution in [0.4, 0.5) is 0 Å². The van der Waals surface area contributed by atoms with Crippen molar-refractivity contribution in [3.8, 4) is 0 Å². The first kappa shape index (κ1) is 36.8. The molecule has 0 bridgehead atoms. The first-order valence-corrected chi connectivity index (χ1v) is 10.5. The van der Waals surface area contributed by atoms with Crippen molar-refractivity contribution < 1.29 is 30.6 Å². The third kappa shape index (κ3) is 38.1. The van der Waals surface area contributed by atoms with Crippen LogP contribution in [-0.2, 0) is 9.59 Å². The van der Waals surface area contributed by atoms with Gasteiger partial charge in [-0.1, -0.05) is 96.8 Å². The Morgan fingerprint density at radius 1 is 0.679 bits per heavy atom. The van der Waals surface area contributed by atoms with E-state index >= 15 is 0 Å². The maximum absolute atomic E-state index is 10.3. The monoisotopic (exact) mass is 458 g/mol. The first-order chi connectivity index (χ1) is 12.4. The second kappa shape index (κ2) is 30.6. The topological polar surface area (TPSA) is 94.8 Å². The summed E-state index contributed by atoms with van der Waals surface area (Å²) in [5, 5.41) is 24.3. The van der Waals surface area contributed by atoms with Gasteiger partial charge in [-0.05, 0) is 13.3 Å². The summed E-state index contributed by atoms with van der Waals surface area (Å²) in [5.41, 5.74) is 0. The zero-order valence-electron chi connectivity index (χ0n) is 22.5. The van der Waals surface area contributed by atoms with Gasteiger partial charge < -0.3 is 21.0 Å². The van der Waals surface area contributed by atoms with Gasteiger partial charge in [0, 0.05) is 6.42 Å². The normalized spacial score (nSPS) is 10.7. The summed E-state index contributed by atoms with van der Waals surface area (Å²) in [5.74, 6) is -1.84. The minimum absolute atomic E-state index is 0. The van der Waals surface area contributed by atoms with Crippen molar-refractivity contribution in [2.75, 3.05) is 0 Å². The van der Waals surface area contributed by atoms with Crippen LogP contribution in [0.3, 0.4) is 0 Å². The van der Waals surface area contributed by atoms with Crippen molar-refractivity contribution in [2.45, 2.75) is 123 Å². The van der Waals surface area contributed by atoms with Crippen LogP contribution in [0, 0.1) is 0 Å². The fourth-order valence-corrected chi connectivity index (χ4v) is 2.65. The Morgan fingerprint density at radius 2 is 0.929 bits per heavy atom. The van der Waals surface area contributed by atoms with E-state index in [0.29, 0.717) is 6.42 Å². The number of hydrogen-bond donors (Lipinski definition) is 3. The molecule has 28 heavy (non-hydrogen) atoms. The van der Waals surface area contributed by atoms with Crippen molar-refractivity contribution in [1.82, 2.24) is 0 Å². The van der Waals surface area contributed by atoms with E-state index in [1.54, 1.807) is 0 Å². The first-order valence-electron chi connectivity index (χ1n) is 10.5. The van der Waals surface area contributed by atoms with Crippen LogP contribution in [0.2, 0.25) is 0 Å². The summed E-state index contributed by atoms with van der Waals surface area (Å²) in [6.45, 7) is 3.47. The molecule has 0 saturated carbocycles. The summed E-state index contributed by atoms with van der Waals surface area (Å²) in [4.78, 5) is 19.8. The molecule has 5 nitrogen and oxygen atoms in total. The average molecular weight is 459 g/mol. The van der Waals surface area contributed by atoms with Gasteiger partial charge in [-0.15, -0.1) is 0 Å². The summed E-state index contributed by atoms with van der Waals surface area (Å²) < 4.78 is 0. The predicted octanol–water partition coefficient (Wildman–Crippen LogP) is 5.47. The number of carboxylic acids is 2. The third-order valence-corrected chi connectivity index (χ3v) is 4.35. The SMILES string of the molecule is CC(O)C(=O)O.CCCCCCCCCCCCCCCCCC(=O)O.[Ca+2].[Ca+2].[H-].[H-].[H-].[H-]. The van der Waals surface area contributed by atoms with Gasteiger partial charge in [0.1, 0.15) is 6.10 Å². The van der Waals surface area contributed by atoms with Gasteiger partial charge in [-0.25, -0.2) is 4.79 Å². The molecule has 0 heterocycles. The van der Waals surface area contributed by atoms with Gasteiger partial charge in [0.15, 0.2) is 0 Å². The van der Waals surface area contributed by atoms with E-state index in [1.807, 2.05) is 0 Å². The quantitative estimate of drug-likeness (QED) is 0.198. The molecule has 1 atom stereocenters. The van der Waals surface area contributed by atoms with E-state index in [9.17, 15) is 9.59 Å². The predicted molar refractivity (Wildman–Crippen MR) is 122 cm³/mol. The van der Waals surface area contributed by atoms with Crippen LogP contribution in [0.15, 0.2) is 0 Å². The van der Waals surface area contributed by atoms with Crippen molar-refractivity contribution in [2.24, 2.45) is 0 Å². The number of aliphatic carboxylic acids is 2. The van der Waals surface area contributed by atoms with Crippen LogP contribution in [0.25, 0.3) is 0 Å². The van der Waals surface area contributed by atoms with Gasteiger partial charge in [0.2, 0.25) is 0 Å². The molecule has 0 rings (SSSR count). The molecule has 0 aliphatic heterocycles. The third-order valence-electron chi connectivity index (χ3n) is 4.35. The van der Waals surface area contributed by atoms with E-state index < -0.39 is 18.0 Å². The standard InChI is InChI=1S/C18H36O2.C3H6O3.2Ca.4H/c1-2-3-4-5-6-7-8-9-10-11-12-13-14-15-16-17-18(19)20;1-2(4)3(5)6;;;;;;/h2-17H2,1H3,(H,19,20);2,4H,1H3,(H,5,6);;;;;;/q;;2*+2;4*-1. The number of hydrogen-bond acceptors (Lipinski definition) is 3. The summed E-state index contributed by atoms with van der Waals surface area (Å²) in [6.07, 6.45) is 19.0. The van der Waals surface area contributed by atoms with Crippen LogP contribution in [0.1, 0.15) is 122 Å². The molecule has 0 aromatic rings. The molecule has 0 fully saturated rings. The molecular weight excluding hydrogens is 412 g/mol. The number of aliphatic hydroxyl groups is 1. The zero-order chi connectivity index (χ0) is 20.0. The van der Waals surface area contributed by atoms with Crippen molar-refractivity contribution in [1.29, 1.82) is 0 Å². The van der Waals surface area contributed by atoms with Gasteiger partial charge in [0.05, 0.1) is 0 Å². The Balaban J connectivity index is -0.0000000710. The molecule has 0 amide bonds. The fourth-order valence-electron chi connectivity index (χ4n) is 2.65. The van der Waals surface area contributed by atoms with Crippen LogP contribution in [-0.4, -0.2) is 109 Å². The summed E-state index contributed by atoms with van der Waals surface area (Å²) in [7, 11) is 0. The fraction of sp³-hybridized carbons (Fsp3) is 0.905. The molecule has 0 aliphatic carbocycles. The Kier molecular flexibility index (Phi) is 40.2. The maximum Gasteiger partial charge on any atom is 2.00 e. The molecule has 164 valence electrons. The number of carbonyl (C=O) groups is 2. The number of rotatable bonds is 17. The second-order valence-corrected chi connectivity index (χ2v) is 7.11. The largest absolute Gasteiger partial charge is 2.00 e. The Bertz CT molecular complexity index is 343. The molecule has 0 radical (unpaired) electrons. The molecular formula is C21H46Ca2O5. The minimum atomic E-state index is -1.23. The van der Waals surface area contributed by atoms with Crippen molar-refractivity contribution in [3.63, 3.8) is 0 Å². The van der Waals surface area contributed by atoms with Crippen LogP contribution in [0.5, 0.6) is 0 Å². The van der Waals surface area contributed by atoms with Gasteiger partial charge in [-0.2, -0.15) is 0 Å². The summed E-state index contributed by atoms with van der Waals surface area (Å²) >= 11 is 0. The van der Waals surface area contributed by atoms with Crippen molar-refractivity contribution >= 4 is 87.4 Å². The smallest absolute Gasteiger partial charge is 1.00 e. The van der Waals surface area contributed by atoms with Crippen molar-refractivity contribution in [3.05, 3.63) is 0 Å². The molecule has 0 spiro atoms. The number of carboxylic acid groups (broad SMARTS) is 2. The van der Waals surface area contributed by atoms with E-state index in [-0.39, 0.29) is 81.2 Å². The zero-order valence-corrected chi connectivity index (χ0v) is 22.9. The number of aliphatic hydroxyl groups excluding tert-OH is 1. The molecule has 3 N–H and O–H groups in total. The van der Waals surface area contributed by atoms with E-state index in [4.69, 9.17) is 15.3 Å². The van der Waals surface area contributed by atoms with Gasteiger partial charge >= 0.3 is 87.4 Å². The minimum Gasteiger partial charge on any atom is -1.00 e. The summed E-state index contributed by atoms with van der Waals surface area (Å²) in [6, 6.07) is 0. The Hall–Kier alpha value is 1.42. The Morgan fingerprint density at radius 3 is 1.14 bits per heavy atom.